The van der Waals surface area contributed by atoms with Crippen molar-refractivity contribution in [2.45, 2.75) is 24.8 Å². The molecule has 4 rings (SSSR count). The van der Waals surface area contributed by atoms with Gasteiger partial charge in [0.1, 0.15) is 4.90 Å². The molecule has 7 nitrogen and oxygen atoms in total. The largest absolute Gasteiger partial charge is 0.336 e. The number of anilines is 1. The molecule has 0 fully saturated rings. The van der Waals surface area contributed by atoms with Gasteiger partial charge in [-0.25, -0.2) is 13.4 Å². The van der Waals surface area contributed by atoms with Gasteiger partial charge in [-0.15, -0.1) is 12.4 Å². The lowest BCUT2D eigenvalue weighted by atomic mass is 10.2. The van der Waals surface area contributed by atoms with Gasteiger partial charge in [0.25, 0.3) is 15.7 Å². The highest BCUT2D eigenvalue weighted by Crippen LogP contribution is 2.29. The van der Waals surface area contributed by atoms with Gasteiger partial charge in [0.05, 0.1) is 23.0 Å². The number of benzene rings is 1. The number of pyridine rings is 1. The highest BCUT2D eigenvalue weighted by Gasteiger charge is 2.29. The molecule has 1 aliphatic heterocycles. The first-order valence-corrected chi connectivity index (χ1v) is 9.61. The van der Waals surface area contributed by atoms with Crippen molar-refractivity contribution in [3.8, 4) is 0 Å². The van der Waals surface area contributed by atoms with Crippen LogP contribution in [-0.2, 0) is 23.0 Å². The fraction of sp³-hybridized carbons (Fsp3) is 0.294. The highest BCUT2D eigenvalue weighted by molar-refractivity contribution is 7.92. The zero-order valence-corrected chi connectivity index (χ0v) is 15.8. The Bertz CT molecular complexity index is 1040. The van der Waals surface area contributed by atoms with Crippen LogP contribution in [0.4, 0.5) is 5.69 Å². The van der Waals surface area contributed by atoms with E-state index >= 15 is 0 Å². The minimum Gasteiger partial charge on any atom is -0.336 e. The summed E-state index contributed by atoms with van der Waals surface area (Å²) in [7, 11) is -3.73. The second-order valence-corrected chi connectivity index (χ2v) is 7.75. The normalized spacial score (nSPS) is 14.6. The topological polar surface area (TPSA) is 88.3 Å². The number of halogens is 1. The third kappa shape index (κ3) is 3.04. The van der Waals surface area contributed by atoms with E-state index in [-0.39, 0.29) is 17.3 Å². The quantitative estimate of drug-likeness (QED) is 0.734. The summed E-state index contributed by atoms with van der Waals surface area (Å²) in [6.45, 7) is 3.53. The molecule has 3 heterocycles. The van der Waals surface area contributed by atoms with Crippen molar-refractivity contribution in [3.05, 3.63) is 47.8 Å². The molecule has 0 amide bonds. The molecule has 0 radical (unpaired) electrons. The third-order valence-corrected chi connectivity index (χ3v) is 6.15. The fourth-order valence-electron chi connectivity index (χ4n) is 3.06. The Balaban J connectivity index is 0.00000196. The maximum absolute atomic E-state index is 13.3. The van der Waals surface area contributed by atoms with Gasteiger partial charge >= 0.3 is 0 Å². The fourth-order valence-corrected chi connectivity index (χ4v) is 4.54. The SMILES string of the molecule is CCc1noc2ncc(S(=O)(=O)N3CCNCc4ccccc43)cc12.Cl. The molecule has 138 valence electrons. The van der Waals surface area contributed by atoms with Gasteiger partial charge in [0, 0.05) is 19.6 Å². The minimum atomic E-state index is -3.73. The number of hydrogen-bond acceptors (Lipinski definition) is 6. The van der Waals surface area contributed by atoms with Crippen LogP contribution in [0.5, 0.6) is 0 Å². The summed E-state index contributed by atoms with van der Waals surface area (Å²) in [4.78, 5) is 4.29. The van der Waals surface area contributed by atoms with E-state index < -0.39 is 10.0 Å². The van der Waals surface area contributed by atoms with Crippen LogP contribution >= 0.6 is 12.4 Å². The van der Waals surface area contributed by atoms with Crippen LogP contribution in [0, 0.1) is 0 Å². The van der Waals surface area contributed by atoms with Gasteiger partial charge < -0.3 is 9.84 Å². The highest BCUT2D eigenvalue weighted by atomic mass is 35.5. The van der Waals surface area contributed by atoms with E-state index in [1.54, 1.807) is 6.07 Å². The van der Waals surface area contributed by atoms with Crippen molar-refractivity contribution in [1.82, 2.24) is 15.5 Å². The van der Waals surface area contributed by atoms with E-state index in [9.17, 15) is 8.42 Å². The van der Waals surface area contributed by atoms with Crippen LogP contribution in [-0.4, -0.2) is 31.6 Å². The molecule has 1 aliphatic rings. The summed E-state index contributed by atoms with van der Waals surface area (Å²) in [5, 5.41) is 7.84. The van der Waals surface area contributed by atoms with E-state index in [4.69, 9.17) is 4.52 Å². The van der Waals surface area contributed by atoms with Gasteiger partial charge in [0.15, 0.2) is 0 Å². The molecule has 3 aromatic rings. The molecular weight excluding hydrogens is 376 g/mol. The first-order chi connectivity index (χ1) is 12.1. The number of hydrogen-bond donors (Lipinski definition) is 1. The molecule has 1 N–H and O–H groups in total. The lowest BCUT2D eigenvalue weighted by Gasteiger charge is -2.24. The predicted molar refractivity (Wildman–Crippen MR) is 101 cm³/mol. The molecule has 0 spiro atoms. The Kier molecular flexibility index (Phi) is 5.17. The molecule has 0 bridgehead atoms. The molecule has 2 aromatic heterocycles. The number of rotatable bonds is 3. The summed E-state index contributed by atoms with van der Waals surface area (Å²) >= 11 is 0. The molecule has 1 aromatic carbocycles. The molecule has 26 heavy (non-hydrogen) atoms. The third-order valence-electron chi connectivity index (χ3n) is 4.37. The number of nitrogens with one attached hydrogen (secondary N) is 1. The van der Waals surface area contributed by atoms with Gasteiger partial charge in [0.2, 0.25) is 0 Å². The molecule has 0 atom stereocenters. The van der Waals surface area contributed by atoms with E-state index in [2.05, 4.69) is 15.5 Å². The smallest absolute Gasteiger partial charge is 0.265 e. The second-order valence-electron chi connectivity index (χ2n) is 5.89. The van der Waals surface area contributed by atoms with Crippen molar-refractivity contribution < 1.29 is 12.9 Å². The van der Waals surface area contributed by atoms with Crippen LogP contribution in [0.25, 0.3) is 11.1 Å². The molecule has 0 aliphatic carbocycles. The molecule has 0 unspecified atom stereocenters. The van der Waals surface area contributed by atoms with E-state index in [1.807, 2.05) is 31.2 Å². The van der Waals surface area contributed by atoms with Crippen molar-refractivity contribution in [2.75, 3.05) is 17.4 Å². The summed E-state index contributed by atoms with van der Waals surface area (Å²) in [6, 6.07) is 9.14. The monoisotopic (exact) mass is 394 g/mol. The Labute approximate surface area is 157 Å². The Hall–Kier alpha value is -2.16. The molecule has 9 heteroatoms. The number of para-hydroxylation sites is 1. The average Bonchev–Trinajstić information content (AvgIpc) is 2.91. The van der Waals surface area contributed by atoms with Crippen molar-refractivity contribution >= 4 is 39.2 Å². The summed E-state index contributed by atoms with van der Waals surface area (Å²) < 4.78 is 33.1. The molecule has 0 saturated heterocycles. The lowest BCUT2D eigenvalue weighted by Crippen LogP contribution is -2.34. The van der Waals surface area contributed by atoms with E-state index in [0.29, 0.717) is 48.5 Å². The maximum atomic E-state index is 13.3. The standard InChI is InChI=1S/C17H18N4O3S.ClH/c1-2-15-14-9-13(11-19-17(14)24-20-15)25(22,23)21-8-7-18-10-12-5-3-4-6-16(12)21;/h3-6,9,11,18H,2,7-8,10H2,1H3;1H. The number of fused-ring (bicyclic) bond motifs is 2. The molecular formula is C17H19ClN4O3S. The zero-order valence-electron chi connectivity index (χ0n) is 14.2. The average molecular weight is 395 g/mol. The summed E-state index contributed by atoms with van der Waals surface area (Å²) in [5.74, 6) is 0. The van der Waals surface area contributed by atoms with Gasteiger partial charge in [-0.3, -0.25) is 4.31 Å². The van der Waals surface area contributed by atoms with Crippen LogP contribution in [0.15, 0.2) is 45.9 Å². The number of aryl methyl sites for hydroxylation is 1. The number of nitrogens with zero attached hydrogens (tertiary/aromatic N) is 3. The van der Waals surface area contributed by atoms with Gasteiger partial charge in [-0.1, -0.05) is 30.3 Å². The van der Waals surface area contributed by atoms with Crippen molar-refractivity contribution in [1.29, 1.82) is 0 Å². The van der Waals surface area contributed by atoms with Crippen LogP contribution < -0.4 is 9.62 Å². The van der Waals surface area contributed by atoms with E-state index in [0.717, 1.165) is 5.56 Å². The second kappa shape index (κ2) is 7.22. The van der Waals surface area contributed by atoms with Crippen LogP contribution in [0.2, 0.25) is 0 Å². The molecule has 0 saturated carbocycles. The van der Waals surface area contributed by atoms with Crippen molar-refractivity contribution in [3.63, 3.8) is 0 Å². The lowest BCUT2D eigenvalue weighted by molar-refractivity contribution is 0.439. The minimum absolute atomic E-state index is 0. The van der Waals surface area contributed by atoms with Crippen LogP contribution in [0.3, 0.4) is 0 Å². The van der Waals surface area contributed by atoms with Gasteiger partial charge in [-0.05, 0) is 24.1 Å². The predicted octanol–water partition coefficient (Wildman–Crippen LogP) is 2.51. The van der Waals surface area contributed by atoms with E-state index in [1.165, 1.54) is 10.5 Å². The van der Waals surface area contributed by atoms with Gasteiger partial charge in [-0.2, -0.15) is 0 Å². The number of sulfonamides is 1. The Morgan fingerprint density at radius 3 is 2.92 bits per heavy atom. The van der Waals surface area contributed by atoms with Crippen molar-refractivity contribution in [2.24, 2.45) is 0 Å². The summed E-state index contributed by atoms with van der Waals surface area (Å²) in [5.41, 5.74) is 2.72. The first kappa shape index (κ1) is 18.6. The Morgan fingerprint density at radius 2 is 2.12 bits per heavy atom. The Morgan fingerprint density at radius 1 is 1.31 bits per heavy atom. The summed E-state index contributed by atoms with van der Waals surface area (Å²) in [6.07, 6.45) is 1.98. The van der Waals surface area contributed by atoms with Crippen LogP contribution in [0.1, 0.15) is 18.2 Å². The zero-order chi connectivity index (χ0) is 17.4. The number of aromatic nitrogens is 2. The first-order valence-electron chi connectivity index (χ1n) is 8.17. The maximum Gasteiger partial charge on any atom is 0.265 e.